The van der Waals surface area contributed by atoms with E-state index in [0.717, 1.165) is 12.8 Å². The van der Waals surface area contributed by atoms with E-state index in [1.165, 1.54) is 11.3 Å². The summed E-state index contributed by atoms with van der Waals surface area (Å²) in [6.45, 7) is 8.19. The summed E-state index contributed by atoms with van der Waals surface area (Å²) in [4.78, 5) is 16.6. The van der Waals surface area contributed by atoms with Crippen molar-refractivity contribution in [1.29, 1.82) is 0 Å². The van der Waals surface area contributed by atoms with E-state index in [1.54, 1.807) is 6.92 Å². The third-order valence-corrected chi connectivity index (χ3v) is 3.84. The summed E-state index contributed by atoms with van der Waals surface area (Å²) < 4.78 is 0. The molecule has 0 saturated heterocycles. The van der Waals surface area contributed by atoms with Crippen LogP contribution in [0.15, 0.2) is 0 Å². The average Bonchev–Trinajstić information content (AvgIpc) is 2.57. The van der Waals surface area contributed by atoms with Gasteiger partial charge in [0.05, 0.1) is 5.69 Å². The molecule has 5 heteroatoms. The van der Waals surface area contributed by atoms with E-state index in [2.05, 4.69) is 24.1 Å². The number of amides is 1. The minimum atomic E-state index is -0.0625. The molecule has 4 nitrogen and oxygen atoms in total. The number of hydrogen-bond donors (Lipinski definition) is 2. The van der Waals surface area contributed by atoms with Gasteiger partial charge in [-0.15, -0.1) is 0 Å². The lowest BCUT2D eigenvalue weighted by atomic mass is 10.0. The molecule has 0 aliphatic carbocycles. The van der Waals surface area contributed by atoms with Gasteiger partial charge in [0.2, 0.25) is 0 Å². The minimum Gasteiger partial charge on any atom is -0.375 e. The van der Waals surface area contributed by atoms with Crippen LogP contribution in [-0.4, -0.2) is 16.9 Å². The molecule has 1 rings (SSSR count). The number of hydrogen-bond acceptors (Lipinski definition) is 4. The van der Waals surface area contributed by atoms with Crippen molar-refractivity contribution in [1.82, 2.24) is 10.3 Å². The molecule has 1 aromatic heterocycles. The Labute approximate surface area is 107 Å². The van der Waals surface area contributed by atoms with Crippen molar-refractivity contribution in [2.45, 2.75) is 46.6 Å². The van der Waals surface area contributed by atoms with Gasteiger partial charge in [-0.05, 0) is 26.2 Å². The molecule has 0 bridgehead atoms. The van der Waals surface area contributed by atoms with E-state index in [4.69, 9.17) is 5.73 Å². The number of nitrogens with zero attached hydrogens (tertiary/aromatic N) is 1. The highest BCUT2D eigenvalue weighted by molar-refractivity contribution is 7.17. The predicted octanol–water partition coefficient (Wildman–Crippen LogP) is 2.59. The summed E-state index contributed by atoms with van der Waals surface area (Å²) in [6.07, 6.45) is 2.13. The molecule has 0 fully saturated rings. The van der Waals surface area contributed by atoms with Crippen molar-refractivity contribution in [2.24, 2.45) is 5.92 Å². The Morgan fingerprint density at radius 1 is 1.53 bits per heavy atom. The van der Waals surface area contributed by atoms with Gasteiger partial charge in [-0.25, -0.2) is 4.98 Å². The van der Waals surface area contributed by atoms with Crippen LogP contribution < -0.4 is 11.1 Å². The van der Waals surface area contributed by atoms with Crippen LogP contribution in [0, 0.1) is 12.8 Å². The first-order chi connectivity index (χ1) is 7.93. The van der Waals surface area contributed by atoms with Crippen LogP contribution >= 0.6 is 11.3 Å². The maximum Gasteiger partial charge on any atom is 0.263 e. The largest absolute Gasteiger partial charge is 0.375 e. The number of nitrogens with two attached hydrogens (primary N) is 1. The number of rotatable bonds is 5. The average molecular weight is 255 g/mol. The number of carbonyl (C=O) groups is 1. The fourth-order valence-corrected chi connectivity index (χ4v) is 2.48. The van der Waals surface area contributed by atoms with Crippen molar-refractivity contribution in [3.05, 3.63) is 10.6 Å². The Morgan fingerprint density at radius 2 is 2.18 bits per heavy atom. The summed E-state index contributed by atoms with van der Waals surface area (Å²) in [5.41, 5.74) is 6.29. The van der Waals surface area contributed by atoms with E-state index in [-0.39, 0.29) is 11.9 Å². The Balaban J connectivity index is 2.57. The summed E-state index contributed by atoms with van der Waals surface area (Å²) in [7, 11) is 0. The van der Waals surface area contributed by atoms with E-state index in [0.29, 0.717) is 21.6 Å². The zero-order valence-electron chi connectivity index (χ0n) is 10.9. The van der Waals surface area contributed by atoms with Crippen LogP contribution in [0.5, 0.6) is 0 Å². The van der Waals surface area contributed by atoms with Crippen LogP contribution in [0.25, 0.3) is 0 Å². The van der Waals surface area contributed by atoms with Crippen LogP contribution in [0.4, 0.5) is 5.13 Å². The topological polar surface area (TPSA) is 68.0 Å². The molecular weight excluding hydrogens is 234 g/mol. The monoisotopic (exact) mass is 255 g/mol. The highest BCUT2D eigenvalue weighted by Gasteiger charge is 2.16. The number of aromatic nitrogens is 1. The summed E-state index contributed by atoms with van der Waals surface area (Å²) >= 11 is 1.24. The Hall–Kier alpha value is -1.10. The molecule has 96 valence electrons. The summed E-state index contributed by atoms with van der Waals surface area (Å²) in [6, 6.07) is 0.181. The lowest BCUT2D eigenvalue weighted by Gasteiger charge is -2.17. The van der Waals surface area contributed by atoms with Gasteiger partial charge in [0.1, 0.15) is 4.88 Å². The van der Waals surface area contributed by atoms with Gasteiger partial charge in [-0.1, -0.05) is 31.6 Å². The van der Waals surface area contributed by atoms with E-state index in [9.17, 15) is 4.79 Å². The van der Waals surface area contributed by atoms with Crippen molar-refractivity contribution in [3.8, 4) is 0 Å². The van der Waals surface area contributed by atoms with Gasteiger partial charge in [0, 0.05) is 6.04 Å². The molecule has 0 aliphatic heterocycles. The Bertz CT molecular complexity index is 389. The first kappa shape index (κ1) is 14.0. The van der Waals surface area contributed by atoms with Crippen molar-refractivity contribution < 1.29 is 4.79 Å². The number of anilines is 1. The second kappa shape index (κ2) is 6.00. The third kappa shape index (κ3) is 4.00. The van der Waals surface area contributed by atoms with E-state index < -0.39 is 0 Å². The molecule has 3 N–H and O–H groups in total. The standard InChI is InChI=1S/C12H21N3OS/c1-5-7(2)6-8(3)14-11(16)10-9(4)15-12(13)17-10/h7-8H,5-6H2,1-4H3,(H2,13,15)(H,14,16). The highest BCUT2D eigenvalue weighted by atomic mass is 32.1. The summed E-state index contributed by atoms with van der Waals surface area (Å²) in [5.74, 6) is 0.561. The molecule has 17 heavy (non-hydrogen) atoms. The lowest BCUT2D eigenvalue weighted by molar-refractivity contribution is 0.0938. The minimum absolute atomic E-state index is 0.0625. The molecule has 0 radical (unpaired) electrons. The SMILES string of the molecule is CCC(C)CC(C)NC(=O)c1sc(N)nc1C. The van der Waals surface area contributed by atoms with Crippen LogP contribution in [0.3, 0.4) is 0 Å². The van der Waals surface area contributed by atoms with Gasteiger partial charge in [0.15, 0.2) is 5.13 Å². The maximum absolute atomic E-state index is 12.0. The zero-order valence-corrected chi connectivity index (χ0v) is 11.7. The zero-order chi connectivity index (χ0) is 13.0. The molecule has 2 atom stereocenters. The molecule has 0 aliphatic rings. The number of thiazole rings is 1. The second-order valence-corrected chi connectivity index (χ2v) is 5.62. The number of carbonyl (C=O) groups excluding carboxylic acids is 1. The lowest BCUT2D eigenvalue weighted by Crippen LogP contribution is -2.33. The normalized spacial score (nSPS) is 14.4. The molecule has 0 spiro atoms. The summed E-state index contributed by atoms with van der Waals surface area (Å²) in [5, 5.41) is 3.44. The smallest absolute Gasteiger partial charge is 0.263 e. The Kier molecular flexibility index (Phi) is 4.93. The molecule has 1 aromatic rings. The van der Waals surface area contributed by atoms with Gasteiger partial charge < -0.3 is 11.1 Å². The van der Waals surface area contributed by atoms with E-state index >= 15 is 0 Å². The fraction of sp³-hybridized carbons (Fsp3) is 0.667. The van der Waals surface area contributed by atoms with Crippen molar-refractivity contribution in [3.63, 3.8) is 0 Å². The number of nitrogen functional groups attached to an aromatic ring is 1. The molecule has 0 saturated carbocycles. The number of aryl methyl sites for hydroxylation is 1. The molecule has 1 amide bonds. The number of nitrogens with one attached hydrogen (secondary N) is 1. The fourth-order valence-electron chi connectivity index (χ4n) is 1.75. The first-order valence-corrected chi connectivity index (χ1v) is 6.79. The predicted molar refractivity (Wildman–Crippen MR) is 72.3 cm³/mol. The molecule has 1 heterocycles. The second-order valence-electron chi connectivity index (χ2n) is 4.59. The van der Waals surface area contributed by atoms with Gasteiger partial charge >= 0.3 is 0 Å². The van der Waals surface area contributed by atoms with Gasteiger partial charge in [-0.3, -0.25) is 4.79 Å². The van der Waals surface area contributed by atoms with Crippen LogP contribution in [0.1, 0.15) is 49.0 Å². The highest BCUT2D eigenvalue weighted by Crippen LogP contribution is 2.20. The van der Waals surface area contributed by atoms with Crippen molar-refractivity contribution >= 4 is 22.4 Å². The quantitative estimate of drug-likeness (QED) is 0.849. The molecule has 2 unspecified atom stereocenters. The maximum atomic E-state index is 12.0. The first-order valence-electron chi connectivity index (χ1n) is 5.97. The van der Waals surface area contributed by atoms with Gasteiger partial charge in [-0.2, -0.15) is 0 Å². The molecule has 0 aromatic carbocycles. The van der Waals surface area contributed by atoms with Gasteiger partial charge in [0.25, 0.3) is 5.91 Å². The Morgan fingerprint density at radius 3 is 2.65 bits per heavy atom. The van der Waals surface area contributed by atoms with Crippen molar-refractivity contribution in [2.75, 3.05) is 5.73 Å². The molecular formula is C12H21N3OS. The van der Waals surface area contributed by atoms with Crippen LogP contribution in [0.2, 0.25) is 0 Å². The third-order valence-electron chi connectivity index (χ3n) is 2.85. The van der Waals surface area contributed by atoms with Crippen LogP contribution in [-0.2, 0) is 0 Å². The van der Waals surface area contributed by atoms with E-state index in [1.807, 2.05) is 6.92 Å².